The van der Waals surface area contributed by atoms with Crippen molar-refractivity contribution in [1.29, 1.82) is 0 Å². The molecule has 1 aromatic heterocycles. The molecule has 114 valence electrons. The van der Waals surface area contributed by atoms with Gasteiger partial charge in [-0.15, -0.1) is 0 Å². The van der Waals surface area contributed by atoms with Crippen LogP contribution in [0.4, 0.5) is 5.95 Å². The van der Waals surface area contributed by atoms with Crippen LogP contribution in [0.2, 0.25) is 0 Å². The summed E-state index contributed by atoms with van der Waals surface area (Å²) >= 11 is 0. The van der Waals surface area contributed by atoms with Crippen molar-refractivity contribution < 1.29 is 0 Å². The molecule has 0 spiro atoms. The van der Waals surface area contributed by atoms with E-state index in [9.17, 15) is 0 Å². The molecular weight excluding hydrogens is 248 g/mol. The fraction of sp³-hybridized carbons (Fsp3) is 0.812. The largest absolute Gasteiger partial charge is 0.351 e. The molecule has 20 heavy (non-hydrogen) atoms. The molecule has 1 aliphatic rings. The highest BCUT2D eigenvalue weighted by atomic mass is 15.2. The molecule has 0 amide bonds. The van der Waals surface area contributed by atoms with Crippen molar-refractivity contribution in [2.24, 2.45) is 5.92 Å². The van der Waals surface area contributed by atoms with Gasteiger partial charge in [-0.1, -0.05) is 26.7 Å². The van der Waals surface area contributed by atoms with Gasteiger partial charge in [0.25, 0.3) is 0 Å². The molecule has 1 heterocycles. The Morgan fingerprint density at radius 2 is 2.00 bits per heavy atom. The second-order valence-corrected chi connectivity index (χ2v) is 6.81. The zero-order valence-corrected chi connectivity index (χ0v) is 13.7. The summed E-state index contributed by atoms with van der Waals surface area (Å²) in [4.78, 5) is 6.96. The van der Waals surface area contributed by atoms with Gasteiger partial charge in [-0.2, -0.15) is 0 Å². The maximum Gasteiger partial charge on any atom is 0.203 e. The third-order valence-corrected chi connectivity index (χ3v) is 4.25. The van der Waals surface area contributed by atoms with Gasteiger partial charge < -0.3 is 14.8 Å². The minimum Gasteiger partial charge on any atom is -0.351 e. The third kappa shape index (κ3) is 3.75. The lowest BCUT2D eigenvalue weighted by atomic mass is 10.0. The second-order valence-electron chi connectivity index (χ2n) is 6.81. The van der Waals surface area contributed by atoms with Crippen LogP contribution in [-0.4, -0.2) is 41.1 Å². The predicted octanol–water partition coefficient (Wildman–Crippen LogP) is 3.30. The number of nitrogens with one attached hydrogen (secondary N) is 1. The first-order chi connectivity index (χ1) is 9.47. The number of nitrogens with zero attached hydrogens (tertiary/aromatic N) is 3. The lowest BCUT2D eigenvalue weighted by molar-refractivity contribution is 0.342. The van der Waals surface area contributed by atoms with Gasteiger partial charge in [0.2, 0.25) is 5.95 Å². The summed E-state index contributed by atoms with van der Waals surface area (Å²) in [5.41, 5.74) is 1.12. The van der Waals surface area contributed by atoms with Gasteiger partial charge >= 0.3 is 0 Å². The molecule has 1 N–H and O–H groups in total. The molecule has 1 aliphatic carbocycles. The highest BCUT2D eigenvalue weighted by molar-refractivity contribution is 5.31. The van der Waals surface area contributed by atoms with Gasteiger partial charge in [-0.25, -0.2) is 4.98 Å². The van der Waals surface area contributed by atoms with E-state index in [1.807, 2.05) is 0 Å². The summed E-state index contributed by atoms with van der Waals surface area (Å²) in [6, 6.07) is 1.08. The molecule has 1 saturated carbocycles. The second kappa shape index (κ2) is 6.61. The van der Waals surface area contributed by atoms with Crippen LogP contribution in [0.15, 0.2) is 6.20 Å². The number of anilines is 1. The van der Waals surface area contributed by atoms with Gasteiger partial charge in [0.15, 0.2) is 0 Å². The summed E-state index contributed by atoms with van der Waals surface area (Å²) in [6.07, 6.45) is 7.51. The van der Waals surface area contributed by atoms with Crippen molar-refractivity contribution >= 4 is 5.95 Å². The molecule has 2 rings (SSSR count). The van der Waals surface area contributed by atoms with E-state index >= 15 is 0 Å². The van der Waals surface area contributed by atoms with E-state index in [1.165, 1.54) is 25.7 Å². The first kappa shape index (κ1) is 15.4. The molecule has 1 unspecified atom stereocenters. The van der Waals surface area contributed by atoms with E-state index in [-0.39, 0.29) is 0 Å². The Labute approximate surface area is 123 Å². The van der Waals surface area contributed by atoms with Crippen LogP contribution < -0.4 is 5.32 Å². The van der Waals surface area contributed by atoms with Gasteiger partial charge in [-0.05, 0) is 39.8 Å². The van der Waals surface area contributed by atoms with Crippen LogP contribution in [0.1, 0.15) is 51.3 Å². The van der Waals surface area contributed by atoms with Gasteiger partial charge in [-0.3, -0.25) is 0 Å². The van der Waals surface area contributed by atoms with E-state index in [1.54, 1.807) is 0 Å². The predicted molar refractivity (Wildman–Crippen MR) is 85.3 cm³/mol. The lowest BCUT2D eigenvalue weighted by Gasteiger charge is -2.27. The monoisotopic (exact) mass is 278 g/mol. The SMILES string of the molecule is Cc1cn(C2CCCC2)c(NC(CN(C)C)C(C)C)n1. The first-order valence-corrected chi connectivity index (χ1v) is 7.94. The van der Waals surface area contributed by atoms with Crippen molar-refractivity contribution in [2.45, 2.75) is 58.5 Å². The number of imidazole rings is 1. The molecule has 4 heteroatoms. The van der Waals surface area contributed by atoms with Crippen LogP contribution in [-0.2, 0) is 0 Å². The minimum atomic E-state index is 0.437. The van der Waals surface area contributed by atoms with Crippen molar-refractivity contribution in [3.05, 3.63) is 11.9 Å². The first-order valence-electron chi connectivity index (χ1n) is 7.94. The van der Waals surface area contributed by atoms with E-state index in [4.69, 9.17) is 4.98 Å². The molecule has 1 aromatic rings. The Morgan fingerprint density at radius 3 is 2.55 bits per heavy atom. The summed E-state index contributed by atoms with van der Waals surface area (Å²) in [5.74, 6) is 1.65. The van der Waals surface area contributed by atoms with E-state index in [0.717, 1.165) is 18.2 Å². The average molecular weight is 278 g/mol. The minimum absolute atomic E-state index is 0.437. The number of rotatable bonds is 6. The summed E-state index contributed by atoms with van der Waals surface area (Å²) in [5, 5.41) is 3.69. The quantitative estimate of drug-likeness (QED) is 0.866. The smallest absolute Gasteiger partial charge is 0.203 e. The summed E-state index contributed by atoms with van der Waals surface area (Å²) in [7, 11) is 4.26. The zero-order chi connectivity index (χ0) is 14.7. The number of aryl methyl sites for hydroxylation is 1. The highest BCUT2D eigenvalue weighted by Gasteiger charge is 2.22. The molecule has 0 saturated heterocycles. The Kier molecular flexibility index (Phi) is 5.08. The molecule has 0 radical (unpaired) electrons. The number of hydrogen-bond acceptors (Lipinski definition) is 3. The highest BCUT2D eigenvalue weighted by Crippen LogP contribution is 2.32. The summed E-state index contributed by atoms with van der Waals surface area (Å²) < 4.78 is 2.38. The molecule has 0 aliphatic heterocycles. The molecule has 1 fully saturated rings. The fourth-order valence-corrected chi connectivity index (χ4v) is 3.07. The van der Waals surface area contributed by atoms with E-state index < -0.39 is 0 Å². The standard InChI is InChI=1S/C16H30N4/c1-12(2)15(11-19(4)5)18-16-17-13(3)10-20(16)14-8-6-7-9-14/h10,12,14-15H,6-9,11H2,1-5H3,(H,17,18). The zero-order valence-electron chi connectivity index (χ0n) is 13.7. The average Bonchev–Trinajstić information content (AvgIpc) is 2.96. The van der Waals surface area contributed by atoms with Gasteiger partial charge in [0.1, 0.15) is 0 Å². The number of aromatic nitrogens is 2. The molecule has 4 nitrogen and oxygen atoms in total. The van der Waals surface area contributed by atoms with Crippen LogP contribution in [0.25, 0.3) is 0 Å². The third-order valence-electron chi connectivity index (χ3n) is 4.25. The number of likely N-dealkylation sites (N-methyl/N-ethyl adjacent to an activating group) is 1. The Hall–Kier alpha value is -1.03. The Morgan fingerprint density at radius 1 is 1.35 bits per heavy atom. The molecule has 1 atom stereocenters. The van der Waals surface area contributed by atoms with E-state index in [0.29, 0.717) is 18.0 Å². The van der Waals surface area contributed by atoms with Gasteiger partial charge in [0.05, 0.1) is 5.69 Å². The van der Waals surface area contributed by atoms with Crippen molar-refractivity contribution in [3.8, 4) is 0 Å². The van der Waals surface area contributed by atoms with Crippen LogP contribution in [0.3, 0.4) is 0 Å². The Balaban J connectivity index is 2.14. The van der Waals surface area contributed by atoms with Crippen LogP contribution in [0, 0.1) is 12.8 Å². The Bertz CT molecular complexity index is 416. The van der Waals surface area contributed by atoms with Crippen molar-refractivity contribution in [1.82, 2.24) is 14.5 Å². The molecule has 0 bridgehead atoms. The van der Waals surface area contributed by atoms with Crippen LogP contribution >= 0.6 is 0 Å². The van der Waals surface area contributed by atoms with Crippen molar-refractivity contribution in [2.75, 3.05) is 26.0 Å². The van der Waals surface area contributed by atoms with E-state index in [2.05, 4.69) is 55.8 Å². The van der Waals surface area contributed by atoms with Crippen LogP contribution in [0.5, 0.6) is 0 Å². The molecular formula is C16H30N4. The maximum atomic E-state index is 4.72. The maximum absolute atomic E-state index is 4.72. The summed E-state index contributed by atoms with van der Waals surface area (Å²) in [6.45, 7) is 7.68. The normalized spacial score (nSPS) is 18.1. The van der Waals surface area contributed by atoms with Crippen molar-refractivity contribution in [3.63, 3.8) is 0 Å². The lowest BCUT2D eigenvalue weighted by Crippen LogP contribution is -2.37. The molecule has 0 aromatic carbocycles. The fourth-order valence-electron chi connectivity index (χ4n) is 3.07. The number of hydrogen-bond donors (Lipinski definition) is 1. The topological polar surface area (TPSA) is 33.1 Å². The van der Waals surface area contributed by atoms with Gasteiger partial charge in [0, 0.05) is 24.8 Å².